The monoisotopic (exact) mass is 408 g/mol. The second-order valence-corrected chi connectivity index (χ2v) is 8.24. The molecule has 0 saturated heterocycles. The van der Waals surface area contributed by atoms with Crippen LogP contribution in [0.2, 0.25) is 0 Å². The summed E-state index contributed by atoms with van der Waals surface area (Å²) in [6.07, 6.45) is 0.919. The number of carbonyl (C=O) groups is 1. The second-order valence-electron chi connectivity index (χ2n) is 6.48. The quantitative estimate of drug-likeness (QED) is 0.693. The first-order valence-corrected chi connectivity index (χ1v) is 10.3. The first kappa shape index (κ1) is 21.5. The van der Waals surface area contributed by atoms with Gasteiger partial charge in [-0.3, -0.25) is 4.79 Å². The van der Waals surface area contributed by atoms with Crippen molar-refractivity contribution in [3.05, 3.63) is 24.3 Å². The summed E-state index contributed by atoms with van der Waals surface area (Å²) in [6.45, 7) is 0.506. The smallest absolute Gasteiger partial charge is 0.406 e. The van der Waals surface area contributed by atoms with Crippen LogP contribution in [0.5, 0.6) is 5.75 Å². The minimum absolute atomic E-state index is 0.0127. The van der Waals surface area contributed by atoms with Crippen LogP contribution in [0.15, 0.2) is 29.2 Å². The van der Waals surface area contributed by atoms with E-state index in [4.69, 9.17) is 0 Å². The number of amides is 1. The van der Waals surface area contributed by atoms with E-state index in [1.807, 2.05) is 0 Å². The minimum atomic E-state index is -4.84. The van der Waals surface area contributed by atoms with E-state index in [9.17, 15) is 26.4 Å². The summed E-state index contributed by atoms with van der Waals surface area (Å²) < 4.78 is 66.5. The first-order valence-electron chi connectivity index (χ1n) is 8.78. The number of ether oxygens (including phenoxy) is 1. The molecule has 0 spiro atoms. The fourth-order valence-electron chi connectivity index (χ4n) is 2.94. The lowest BCUT2D eigenvalue weighted by Crippen LogP contribution is -2.33. The van der Waals surface area contributed by atoms with Gasteiger partial charge in [-0.1, -0.05) is 19.3 Å². The Labute approximate surface area is 156 Å². The van der Waals surface area contributed by atoms with Gasteiger partial charge in [-0.05, 0) is 43.0 Å². The average Bonchev–Trinajstić information content (AvgIpc) is 2.60. The van der Waals surface area contributed by atoms with Gasteiger partial charge in [0.15, 0.2) is 0 Å². The lowest BCUT2D eigenvalue weighted by Gasteiger charge is -2.21. The van der Waals surface area contributed by atoms with Crippen LogP contribution in [-0.4, -0.2) is 33.8 Å². The molecule has 1 aromatic carbocycles. The van der Waals surface area contributed by atoms with Gasteiger partial charge < -0.3 is 10.1 Å². The molecule has 0 radical (unpaired) electrons. The molecule has 0 unspecified atom stereocenters. The van der Waals surface area contributed by atoms with E-state index in [-0.39, 0.29) is 23.8 Å². The van der Waals surface area contributed by atoms with Crippen LogP contribution in [0.1, 0.15) is 38.5 Å². The molecule has 0 atom stereocenters. The Morgan fingerprint density at radius 3 is 2.33 bits per heavy atom. The molecule has 1 saturated carbocycles. The molecule has 1 aliphatic carbocycles. The van der Waals surface area contributed by atoms with E-state index in [0.717, 1.165) is 37.1 Å². The highest BCUT2D eigenvalue weighted by Crippen LogP contribution is 2.24. The van der Waals surface area contributed by atoms with Crippen LogP contribution in [0.25, 0.3) is 0 Å². The van der Waals surface area contributed by atoms with Crippen molar-refractivity contribution in [2.24, 2.45) is 5.92 Å². The second kappa shape index (κ2) is 9.41. The van der Waals surface area contributed by atoms with Gasteiger partial charge in [0.05, 0.1) is 4.90 Å². The van der Waals surface area contributed by atoms with Crippen molar-refractivity contribution in [1.82, 2.24) is 10.0 Å². The molecule has 1 amide bonds. The van der Waals surface area contributed by atoms with Crippen LogP contribution >= 0.6 is 0 Å². The number of alkyl halides is 3. The van der Waals surface area contributed by atoms with E-state index >= 15 is 0 Å². The van der Waals surface area contributed by atoms with Crippen LogP contribution in [0, 0.1) is 5.92 Å². The third kappa shape index (κ3) is 7.76. The van der Waals surface area contributed by atoms with Gasteiger partial charge in [-0.2, -0.15) is 0 Å². The summed E-state index contributed by atoms with van der Waals surface area (Å²) >= 11 is 0. The summed E-state index contributed by atoms with van der Waals surface area (Å²) in [6, 6.07) is 3.84. The molecule has 1 aromatic rings. The first-order chi connectivity index (χ1) is 12.7. The molecule has 10 heteroatoms. The lowest BCUT2D eigenvalue weighted by atomic mass is 9.89. The van der Waals surface area contributed by atoms with Crippen molar-refractivity contribution in [1.29, 1.82) is 0 Å². The number of benzene rings is 1. The topological polar surface area (TPSA) is 84.5 Å². The number of carbonyl (C=O) groups excluding carboxylic acids is 1. The molecular weight excluding hydrogens is 385 g/mol. The van der Waals surface area contributed by atoms with Gasteiger partial charge >= 0.3 is 6.36 Å². The number of rotatable bonds is 8. The van der Waals surface area contributed by atoms with E-state index < -0.39 is 22.1 Å². The fraction of sp³-hybridized carbons (Fsp3) is 0.588. The predicted molar refractivity (Wildman–Crippen MR) is 92.5 cm³/mol. The van der Waals surface area contributed by atoms with Gasteiger partial charge in [0, 0.05) is 19.5 Å². The van der Waals surface area contributed by atoms with Crippen molar-refractivity contribution in [3.8, 4) is 5.75 Å². The number of sulfonamides is 1. The van der Waals surface area contributed by atoms with Crippen molar-refractivity contribution in [3.63, 3.8) is 0 Å². The van der Waals surface area contributed by atoms with Crippen LogP contribution in [0.4, 0.5) is 13.2 Å². The highest BCUT2D eigenvalue weighted by Gasteiger charge is 2.31. The molecule has 6 nitrogen and oxygen atoms in total. The average molecular weight is 408 g/mol. The summed E-state index contributed by atoms with van der Waals surface area (Å²) in [7, 11) is -3.92. The molecule has 1 fully saturated rings. The zero-order valence-electron chi connectivity index (χ0n) is 14.7. The van der Waals surface area contributed by atoms with E-state index in [1.54, 1.807) is 0 Å². The third-order valence-electron chi connectivity index (χ3n) is 4.32. The Morgan fingerprint density at radius 2 is 1.74 bits per heavy atom. The van der Waals surface area contributed by atoms with Gasteiger partial charge in [-0.25, -0.2) is 13.1 Å². The molecule has 0 aromatic heterocycles. The number of halogens is 3. The van der Waals surface area contributed by atoms with E-state index in [2.05, 4.69) is 14.8 Å². The predicted octanol–water partition coefficient (Wildman–Crippen LogP) is 2.95. The molecule has 0 heterocycles. The molecule has 27 heavy (non-hydrogen) atoms. The maximum atomic E-state index is 12.1. The van der Waals surface area contributed by atoms with Crippen molar-refractivity contribution in [2.45, 2.75) is 49.8 Å². The molecular formula is C17H23F3N2O4S. The zero-order valence-corrected chi connectivity index (χ0v) is 15.5. The van der Waals surface area contributed by atoms with Crippen LogP contribution < -0.4 is 14.8 Å². The van der Waals surface area contributed by atoms with Crippen LogP contribution in [-0.2, 0) is 14.8 Å². The minimum Gasteiger partial charge on any atom is -0.406 e. The van der Waals surface area contributed by atoms with Crippen LogP contribution in [0.3, 0.4) is 0 Å². The summed E-state index contributed by atoms with van der Waals surface area (Å²) in [5.41, 5.74) is 0. The molecule has 0 bridgehead atoms. The normalized spacial score (nSPS) is 16.1. The SMILES string of the molecule is O=C(CCNS(=O)(=O)c1ccc(OC(F)(F)F)cc1)NCC1CCCCC1. The van der Waals surface area contributed by atoms with Gasteiger partial charge in [0.25, 0.3) is 0 Å². The van der Waals surface area contributed by atoms with Crippen molar-refractivity contribution < 1.29 is 31.1 Å². The fourth-order valence-corrected chi connectivity index (χ4v) is 3.97. The Kier molecular flexibility index (Phi) is 7.49. The number of nitrogens with one attached hydrogen (secondary N) is 2. The molecule has 0 aliphatic heterocycles. The summed E-state index contributed by atoms with van der Waals surface area (Å²) in [5.74, 6) is -0.266. The Hall–Kier alpha value is -1.81. The molecule has 2 rings (SSSR count). The third-order valence-corrected chi connectivity index (χ3v) is 5.80. The largest absolute Gasteiger partial charge is 0.573 e. The Morgan fingerprint density at radius 1 is 1.11 bits per heavy atom. The van der Waals surface area contributed by atoms with E-state index in [1.165, 1.54) is 19.3 Å². The van der Waals surface area contributed by atoms with Crippen molar-refractivity contribution in [2.75, 3.05) is 13.1 Å². The molecule has 152 valence electrons. The summed E-state index contributed by atoms with van der Waals surface area (Å²) in [5, 5.41) is 2.81. The van der Waals surface area contributed by atoms with Gasteiger partial charge in [0.1, 0.15) is 5.75 Å². The highest BCUT2D eigenvalue weighted by molar-refractivity contribution is 7.89. The number of hydrogen-bond acceptors (Lipinski definition) is 4. The van der Waals surface area contributed by atoms with Gasteiger partial charge in [-0.15, -0.1) is 13.2 Å². The summed E-state index contributed by atoms with van der Waals surface area (Å²) in [4.78, 5) is 11.6. The number of hydrogen-bond donors (Lipinski definition) is 2. The maximum absolute atomic E-state index is 12.1. The van der Waals surface area contributed by atoms with Crippen molar-refractivity contribution >= 4 is 15.9 Å². The molecule has 1 aliphatic rings. The maximum Gasteiger partial charge on any atom is 0.573 e. The van der Waals surface area contributed by atoms with E-state index in [0.29, 0.717) is 12.5 Å². The zero-order chi connectivity index (χ0) is 19.9. The Bertz CT molecular complexity index is 715. The highest BCUT2D eigenvalue weighted by atomic mass is 32.2. The lowest BCUT2D eigenvalue weighted by molar-refractivity contribution is -0.274. The molecule has 2 N–H and O–H groups in total. The Balaban J connectivity index is 1.76. The standard InChI is InChI=1S/C17H23F3N2O4S/c18-17(19,20)26-14-6-8-15(9-7-14)27(24,25)22-11-10-16(23)21-12-13-4-2-1-3-5-13/h6-9,13,22H,1-5,10-12H2,(H,21,23). The van der Waals surface area contributed by atoms with Gasteiger partial charge in [0.2, 0.25) is 15.9 Å².